The van der Waals surface area contributed by atoms with Gasteiger partial charge in [-0.25, -0.2) is 8.42 Å². The summed E-state index contributed by atoms with van der Waals surface area (Å²) in [6, 6.07) is 8.04. The summed E-state index contributed by atoms with van der Waals surface area (Å²) < 4.78 is 23.1. The summed E-state index contributed by atoms with van der Waals surface area (Å²) in [5.74, 6) is 0.519. The van der Waals surface area contributed by atoms with Crippen molar-refractivity contribution in [2.45, 2.75) is 56.9 Å². The fraction of sp³-hybridized carbons (Fsp3) is 0.647. The summed E-state index contributed by atoms with van der Waals surface area (Å²) in [6.45, 7) is 7.85. The fourth-order valence-electron chi connectivity index (χ4n) is 3.45. The minimum atomic E-state index is -3.10. The van der Waals surface area contributed by atoms with Crippen molar-refractivity contribution in [2.75, 3.05) is 12.8 Å². The lowest BCUT2D eigenvalue weighted by Gasteiger charge is -2.55. The van der Waals surface area contributed by atoms with Gasteiger partial charge in [0.15, 0.2) is 9.84 Å². The number of hydrogen-bond acceptors (Lipinski definition) is 3. The summed E-state index contributed by atoms with van der Waals surface area (Å²) in [5, 5.41) is 3.65. The van der Waals surface area contributed by atoms with Gasteiger partial charge in [0.25, 0.3) is 0 Å². The molecule has 0 spiro atoms. The summed E-state index contributed by atoms with van der Waals surface area (Å²) >= 11 is 0. The molecule has 0 bridgehead atoms. The lowest BCUT2D eigenvalue weighted by molar-refractivity contribution is 0.0445. The van der Waals surface area contributed by atoms with Crippen LogP contribution in [-0.4, -0.2) is 27.3 Å². The molecule has 1 aliphatic carbocycles. The largest absolute Gasteiger partial charge is 0.313 e. The third-order valence-electron chi connectivity index (χ3n) is 5.18. The molecule has 1 aliphatic rings. The zero-order chi connectivity index (χ0) is 15.7. The molecule has 0 aromatic heterocycles. The van der Waals surface area contributed by atoms with Crippen LogP contribution in [0.5, 0.6) is 0 Å². The molecule has 1 N–H and O–H groups in total. The minimum Gasteiger partial charge on any atom is -0.313 e. The van der Waals surface area contributed by atoms with E-state index in [1.165, 1.54) is 11.8 Å². The van der Waals surface area contributed by atoms with E-state index >= 15 is 0 Å². The van der Waals surface area contributed by atoms with Crippen LogP contribution < -0.4 is 5.32 Å². The van der Waals surface area contributed by atoms with Gasteiger partial charge in [-0.2, -0.15) is 0 Å². The van der Waals surface area contributed by atoms with Crippen LogP contribution in [0.15, 0.2) is 29.2 Å². The predicted octanol–water partition coefficient (Wildman–Crippen LogP) is 3.36. The van der Waals surface area contributed by atoms with E-state index in [-0.39, 0.29) is 5.41 Å². The van der Waals surface area contributed by atoms with E-state index in [9.17, 15) is 8.42 Å². The smallest absolute Gasteiger partial charge is 0.175 e. The van der Waals surface area contributed by atoms with E-state index < -0.39 is 9.84 Å². The summed E-state index contributed by atoms with van der Waals surface area (Å²) in [6.07, 6.45) is 4.69. The second-order valence-electron chi connectivity index (χ2n) is 6.50. The van der Waals surface area contributed by atoms with Crippen LogP contribution in [0, 0.1) is 5.41 Å². The van der Waals surface area contributed by atoms with Crippen LogP contribution in [0.25, 0.3) is 0 Å². The highest BCUT2D eigenvalue weighted by Crippen LogP contribution is 2.54. The quantitative estimate of drug-likeness (QED) is 0.876. The van der Waals surface area contributed by atoms with Gasteiger partial charge in [0.2, 0.25) is 0 Å². The number of benzene rings is 1. The molecule has 1 saturated carbocycles. The summed E-state index contributed by atoms with van der Waals surface area (Å²) in [7, 11) is -3.10. The highest BCUT2D eigenvalue weighted by molar-refractivity contribution is 7.90. The van der Waals surface area contributed by atoms with Gasteiger partial charge in [0, 0.05) is 12.3 Å². The first-order valence-corrected chi connectivity index (χ1v) is 9.75. The second kappa shape index (κ2) is 6.09. The molecule has 0 heterocycles. The van der Waals surface area contributed by atoms with Gasteiger partial charge < -0.3 is 5.32 Å². The van der Waals surface area contributed by atoms with Crippen LogP contribution in [-0.2, 0) is 9.84 Å². The van der Waals surface area contributed by atoms with Gasteiger partial charge in [-0.1, -0.05) is 32.9 Å². The Labute approximate surface area is 129 Å². The van der Waals surface area contributed by atoms with E-state index in [0.717, 1.165) is 25.8 Å². The van der Waals surface area contributed by atoms with Gasteiger partial charge in [0.05, 0.1) is 4.90 Å². The van der Waals surface area contributed by atoms with E-state index in [1.807, 2.05) is 12.1 Å². The van der Waals surface area contributed by atoms with Crippen molar-refractivity contribution >= 4 is 9.84 Å². The molecule has 0 saturated heterocycles. The van der Waals surface area contributed by atoms with Crippen molar-refractivity contribution < 1.29 is 8.42 Å². The van der Waals surface area contributed by atoms with Crippen molar-refractivity contribution in [2.24, 2.45) is 5.41 Å². The van der Waals surface area contributed by atoms with Gasteiger partial charge in [-0.3, -0.25) is 0 Å². The van der Waals surface area contributed by atoms with Gasteiger partial charge in [-0.05, 0) is 54.8 Å². The Hall–Kier alpha value is -0.870. The van der Waals surface area contributed by atoms with Crippen LogP contribution in [0.4, 0.5) is 0 Å². The normalized spacial score (nSPS) is 29.1. The third kappa shape index (κ3) is 3.16. The minimum absolute atomic E-state index is 0.266. The lowest BCUT2D eigenvalue weighted by Crippen LogP contribution is -2.56. The summed E-state index contributed by atoms with van der Waals surface area (Å²) in [5.41, 5.74) is 1.53. The van der Waals surface area contributed by atoms with Crippen molar-refractivity contribution in [3.8, 4) is 0 Å². The molecule has 1 aromatic carbocycles. The molecule has 2 rings (SSSR count). The van der Waals surface area contributed by atoms with Gasteiger partial charge in [-0.15, -0.1) is 0 Å². The predicted molar refractivity (Wildman–Crippen MR) is 87.4 cm³/mol. The Bertz CT molecular complexity index is 579. The molecule has 3 nitrogen and oxygen atoms in total. The van der Waals surface area contributed by atoms with Crippen LogP contribution >= 0.6 is 0 Å². The Morgan fingerprint density at radius 1 is 1.24 bits per heavy atom. The maximum Gasteiger partial charge on any atom is 0.175 e. The van der Waals surface area contributed by atoms with Gasteiger partial charge >= 0.3 is 0 Å². The maximum absolute atomic E-state index is 11.5. The highest BCUT2D eigenvalue weighted by Gasteiger charge is 2.50. The zero-order valence-corrected chi connectivity index (χ0v) is 14.3. The first-order valence-electron chi connectivity index (χ1n) is 7.86. The average molecular weight is 309 g/mol. The standard InChI is InChI=1S/C17H27NO2S/c1-5-11-18-16-12-15(17(16,3)6-2)13-7-9-14(10-8-13)21(4,19)20/h7-10,15-16,18H,5-6,11-12H2,1-4H3. The van der Waals surface area contributed by atoms with Gasteiger partial charge in [0.1, 0.15) is 0 Å². The van der Waals surface area contributed by atoms with Crippen LogP contribution in [0.2, 0.25) is 0 Å². The van der Waals surface area contributed by atoms with E-state index in [1.54, 1.807) is 12.1 Å². The molecule has 1 fully saturated rings. The van der Waals surface area contributed by atoms with Crippen molar-refractivity contribution in [1.82, 2.24) is 5.32 Å². The fourth-order valence-corrected chi connectivity index (χ4v) is 4.08. The topological polar surface area (TPSA) is 46.2 Å². The number of sulfone groups is 1. The Kier molecular flexibility index (Phi) is 4.79. The molecule has 0 radical (unpaired) electrons. The SMILES string of the molecule is CCCNC1CC(c2ccc(S(C)(=O)=O)cc2)C1(C)CC. The zero-order valence-electron chi connectivity index (χ0n) is 13.5. The van der Waals surface area contributed by atoms with E-state index in [2.05, 4.69) is 26.1 Å². The molecule has 0 aliphatic heterocycles. The Morgan fingerprint density at radius 2 is 1.86 bits per heavy atom. The van der Waals surface area contributed by atoms with Crippen molar-refractivity contribution in [1.29, 1.82) is 0 Å². The Balaban J connectivity index is 2.16. The summed E-state index contributed by atoms with van der Waals surface area (Å²) in [4.78, 5) is 0.407. The highest BCUT2D eigenvalue weighted by atomic mass is 32.2. The number of hydrogen-bond donors (Lipinski definition) is 1. The van der Waals surface area contributed by atoms with Crippen LogP contribution in [0.3, 0.4) is 0 Å². The first-order chi connectivity index (χ1) is 9.82. The molecule has 21 heavy (non-hydrogen) atoms. The molecule has 1 aromatic rings. The second-order valence-corrected chi connectivity index (χ2v) is 8.51. The molecular weight excluding hydrogens is 282 g/mol. The lowest BCUT2D eigenvalue weighted by atomic mass is 9.54. The van der Waals surface area contributed by atoms with Crippen molar-refractivity contribution in [3.63, 3.8) is 0 Å². The van der Waals surface area contributed by atoms with Crippen molar-refractivity contribution in [3.05, 3.63) is 29.8 Å². The molecular formula is C17H27NO2S. The molecule has 118 valence electrons. The molecule has 3 atom stereocenters. The average Bonchev–Trinajstić information content (AvgIpc) is 2.45. The monoisotopic (exact) mass is 309 g/mol. The Morgan fingerprint density at radius 3 is 2.33 bits per heavy atom. The molecule has 3 unspecified atom stereocenters. The molecule has 0 amide bonds. The van der Waals surface area contributed by atoms with Crippen LogP contribution in [0.1, 0.15) is 51.5 Å². The molecule has 4 heteroatoms. The number of nitrogens with one attached hydrogen (secondary N) is 1. The maximum atomic E-state index is 11.5. The van der Waals surface area contributed by atoms with E-state index in [0.29, 0.717) is 16.9 Å². The third-order valence-corrected chi connectivity index (χ3v) is 6.31. The number of rotatable bonds is 6. The van der Waals surface area contributed by atoms with E-state index in [4.69, 9.17) is 0 Å². The first kappa shape index (κ1) is 16.5.